The summed E-state index contributed by atoms with van der Waals surface area (Å²) in [7, 11) is 0. The van der Waals surface area contributed by atoms with E-state index in [2.05, 4.69) is 82.8 Å². The predicted octanol–water partition coefficient (Wildman–Crippen LogP) is 10.3. The van der Waals surface area contributed by atoms with E-state index in [1.54, 1.807) is 16.8 Å². The van der Waals surface area contributed by atoms with E-state index in [4.69, 9.17) is 6.85 Å². The molecule has 0 aliphatic carbocycles. The first-order valence-electron chi connectivity index (χ1n) is 16.8. The molecule has 0 atom stereocenters. The molecule has 8 rings (SSSR count). The van der Waals surface area contributed by atoms with Crippen LogP contribution in [-0.2, 0) is 6.37 Å². The first-order valence-corrected chi connectivity index (χ1v) is 14.3. The number of para-hydroxylation sites is 2. The Morgan fingerprint density at radius 1 is 0.628 bits per heavy atom. The molecule has 2 aromatic heterocycles. The van der Waals surface area contributed by atoms with E-state index in [0.29, 0.717) is 16.7 Å². The van der Waals surface area contributed by atoms with Crippen molar-refractivity contribution in [1.82, 2.24) is 14.5 Å². The third-order valence-corrected chi connectivity index (χ3v) is 8.17. The van der Waals surface area contributed by atoms with Crippen LogP contribution in [0.4, 0.5) is 0 Å². The van der Waals surface area contributed by atoms with Crippen LogP contribution in [0.25, 0.3) is 71.6 Å². The summed E-state index contributed by atoms with van der Waals surface area (Å²) in [5.74, 6) is -0.155. The van der Waals surface area contributed by atoms with Gasteiger partial charge in [-0.05, 0) is 79.7 Å². The summed E-state index contributed by atoms with van der Waals surface area (Å²) in [6.07, 6.45) is 0.989. The van der Waals surface area contributed by atoms with Crippen LogP contribution >= 0.6 is 0 Å². The Bertz CT molecular complexity index is 2430. The number of fused-ring (bicyclic) bond motifs is 3. The van der Waals surface area contributed by atoms with Crippen molar-refractivity contribution in [3.63, 3.8) is 0 Å². The second-order valence-electron chi connectivity index (χ2n) is 10.6. The summed E-state index contributed by atoms with van der Waals surface area (Å²) in [6.45, 7) is -2.92. The minimum atomic E-state index is -2.92. The molecule has 0 aliphatic heterocycles. The Morgan fingerprint density at radius 3 is 2.00 bits per heavy atom. The van der Waals surface area contributed by atoms with Crippen molar-refractivity contribution in [3.05, 3.63) is 152 Å². The van der Waals surface area contributed by atoms with Gasteiger partial charge in [-0.2, -0.15) is 0 Å². The second kappa shape index (κ2) is 10.4. The van der Waals surface area contributed by atoms with Crippen LogP contribution in [0, 0.1) is 0 Å². The van der Waals surface area contributed by atoms with Crippen molar-refractivity contribution >= 4 is 32.6 Å². The van der Waals surface area contributed by atoms with Gasteiger partial charge in [0.15, 0.2) is 0 Å². The van der Waals surface area contributed by atoms with Crippen molar-refractivity contribution in [2.24, 2.45) is 0 Å². The van der Waals surface area contributed by atoms with Crippen LogP contribution in [0.1, 0.15) is 19.5 Å². The molecule has 0 fully saturated rings. The molecular weight excluding hydrogens is 522 g/mol. The van der Waals surface area contributed by atoms with E-state index in [1.165, 1.54) is 0 Å². The van der Waals surface area contributed by atoms with Crippen molar-refractivity contribution < 1.29 is 6.85 Å². The molecule has 2 heterocycles. The first kappa shape index (κ1) is 20.4. The van der Waals surface area contributed by atoms with Gasteiger partial charge < -0.3 is 0 Å². The second-order valence-corrected chi connectivity index (χ2v) is 10.6. The average molecular weight is 557 g/mol. The Kier molecular flexibility index (Phi) is 4.91. The molecule has 3 nitrogen and oxygen atoms in total. The predicted molar refractivity (Wildman–Crippen MR) is 180 cm³/mol. The number of pyridine rings is 1. The fourth-order valence-corrected chi connectivity index (χ4v) is 6.38. The number of hydrogen-bond donors (Lipinski definition) is 0. The molecule has 0 N–H and O–H groups in total. The standard InChI is InChI=1S/C40H29N3/c1-2-38-42-36-22-9-10-23-37(36)43(38)29-15-11-13-27(25-29)39-32-18-5-7-20-34(32)40(35-21-8-6-19-33(35)39)31-17-4-3-16-30(31)28-14-12-24-41-26-28/h3-26H,2H2,1H3/i1D3,2D2. The minimum Gasteiger partial charge on any atom is -0.296 e. The first-order chi connectivity index (χ1) is 23.2. The summed E-state index contributed by atoms with van der Waals surface area (Å²) >= 11 is 0. The van der Waals surface area contributed by atoms with Crippen LogP contribution < -0.4 is 0 Å². The van der Waals surface area contributed by atoms with Crippen molar-refractivity contribution in [1.29, 1.82) is 0 Å². The monoisotopic (exact) mass is 556 g/mol. The van der Waals surface area contributed by atoms with Crippen LogP contribution in [0.5, 0.6) is 0 Å². The van der Waals surface area contributed by atoms with Gasteiger partial charge in [0.1, 0.15) is 5.82 Å². The number of rotatable bonds is 5. The quantitative estimate of drug-likeness (QED) is 0.197. The van der Waals surface area contributed by atoms with Crippen LogP contribution in [0.3, 0.4) is 0 Å². The molecule has 8 aromatic rings. The molecular formula is C40H29N3. The molecule has 43 heavy (non-hydrogen) atoms. The highest BCUT2D eigenvalue weighted by Gasteiger charge is 2.19. The van der Waals surface area contributed by atoms with Gasteiger partial charge in [-0.15, -0.1) is 0 Å². The van der Waals surface area contributed by atoms with Gasteiger partial charge in [0.05, 0.1) is 11.0 Å². The Hall–Kier alpha value is -5.54. The number of imidazole rings is 1. The average Bonchev–Trinajstić information content (AvgIpc) is 3.51. The van der Waals surface area contributed by atoms with E-state index >= 15 is 0 Å². The highest BCUT2D eigenvalue weighted by molar-refractivity contribution is 6.22. The number of aryl methyl sites for hydroxylation is 1. The summed E-state index contributed by atoms with van der Waals surface area (Å²) in [4.78, 5) is 8.93. The number of hydrogen-bond acceptors (Lipinski definition) is 2. The van der Waals surface area contributed by atoms with Crippen molar-refractivity contribution in [2.45, 2.75) is 13.2 Å². The molecule has 0 aliphatic rings. The Labute approximate surface area is 257 Å². The Balaban J connectivity index is 1.41. The van der Waals surface area contributed by atoms with Gasteiger partial charge in [0.25, 0.3) is 0 Å². The fraction of sp³-hybridized carbons (Fsp3) is 0.0500. The van der Waals surface area contributed by atoms with Gasteiger partial charge in [0.2, 0.25) is 0 Å². The number of nitrogens with zero attached hydrogens (tertiary/aromatic N) is 3. The summed E-state index contributed by atoms with van der Waals surface area (Å²) in [5.41, 5.74) is 8.13. The zero-order chi connectivity index (χ0) is 33.0. The summed E-state index contributed by atoms with van der Waals surface area (Å²) < 4.78 is 43.1. The van der Waals surface area contributed by atoms with E-state index in [-0.39, 0.29) is 5.82 Å². The highest BCUT2D eigenvalue weighted by Crippen LogP contribution is 2.46. The lowest BCUT2D eigenvalue weighted by Gasteiger charge is -2.20. The molecule has 0 saturated heterocycles. The zero-order valence-corrected chi connectivity index (χ0v) is 23.2. The number of aromatic nitrogens is 3. The van der Waals surface area contributed by atoms with Gasteiger partial charge in [-0.25, -0.2) is 4.98 Å². The SMILES string of the molecule is [2H]C([2H])([2H])C([2H])([2H])c1nc2ccccc2n1-c1cccc(-c2c3ccccc3c(-c3ccccc3-c3cccnc3)c3ccccc23)c1. The molecule has 0 radical (unpaired) electrons. The number of benzene rings is 6. The van der Waals surface area contributed by atoms with Crippen LogP contribution in [0.15, 0.2) is 146 Å². The molecule has 0 unspecified atom stereocenters. The van der Waals surface area contributed by atoms with E-state index < -0.39 is 13.2 Å². The fourth-order valence-electron chi connectivity index (χ4n) is 6.38. The molecule has 3 heteroatoms. The maximum absolute atomic E-state index is 8.68. The maximum Gasteiger partial charge on any atom is 0.114 e. The topological polar surface area (TPSA) is 30.7 Å². The van der Waals surface area contributed by atoms with E-state index in [0.717, 1.165) is 54.9 Å². The minimum absolute atomic E-state index is 0.155. The lowest BCUT2D eigenvalue weighted by atomic mass is 9.84. The smallest absolute Gasteiger partial charge is 0.114 e. The summed E-state index contributed by atoms with van der Waals surface area (Å²) in [5, 5.41) is 4.33. The summed E-state index contributed by atoms with van der Waals surface area (Å²) in [6, 6.07) is 44.5. The Morgan fingerprint density at radius 2 is 1.28 bits per heavy atom. The largest absolute Gasteiger partial charge is 0.296 e. The van der Waals surface area contributed by atoms with Crippen molar-refractivity contribution in [3.8, 4) is 39.1 Å². The molecule has 6 aromatic carbocycles. The maximum atomic E-state index is 8.68. The molecule has 0 bridgehead atoms. The third kappa shape index (κ3) is 4.12. The zero-order valence-electron chi connectivity index (χ0n) is 28.2. The van der Waals surface area contributed by atoms with Crippen molar-refractivity contribution in [2.75, 3.05) is 0 Å². The molecule has 0 amide bonds. The van der Waals surface area contributed by atoms with Gasteiger partial charge in [-0.1, -0.05) is 110 Å². The van der Waals surface area contributed by atoms with E-state index in [1.807, 2.05) is 60.8 Å². The van der Waals surface area contributed by atoms with E-state index in [9.17, 15) is 0 Å². The van der Waals surface area contributed by atoms with Gasteiger partial charge >= 0.3 is 0 Å². The van der Waals surface area contributed by atoms with Crippen LogP contribution in [0.2, 0.25) is 0 Å². The van der Waals surface area contributed by atoms with Crippen LogP contribution in [-0.4, -0.2) is 14.5 Å². The normalized spacial score (nSPS) is 13.8. The lowest BCUT2D eigenvalue weighted by molar-refractivity contribution is 0.908. The molecule has 0 saturated carbocycles. The van der Waals surface area contributed by atoms with Gasteiger partial charge in [0, 0.05) is 36.9 Å². The molecule has 0 spiro atoms. The third-order valence-electron chi connectivity index (χ3n) is 8.17. The highest BCUT2D eigenvalue weighted by atomic mass is 15.1. The van der Waals surface area contributed by atoms with Gasteiger partial charge in [-0.3, -0.25) is 9.55 Å². The lowest BCUT2D eigenvalue weighted by Crippen LogP contribution is -2.00. The molecule has 204 valence electrons.